The fourth-order valence-corrected chi connectivity index (χ4v) is 4.16. The maximum absolute atomic E-state index is 10.0. The van der Waals surface area contributed by atoms with Crippen LogP contribution in [0.15, 0.2) is 0 Å². The molecule has 0 bridgehead atoms. The van der Waals surface area contributed by atoms with E-state index in [-0.39, 0.29) is 18.3 Å². The first kappa shape index (κ1) is 11.9. The summed E-state index contributed by atoms with van der Waals surface area (Å²) in [7, 11) is 0. The van der Waals surface area contributed by atoms with Crippen LogP contribution in [0.25, 0.3) is 0 Å². The summed E-state index contributed by atoms with van der Waals surface area (Å²) in [6.45, 7) is 4.25. The Kier molecular flexibility index (Phi) is 3.18. The van der Waals surface area contributed by atoms with Crippen molar-refractivity contribution >= 4 is 0 Å². The van der Waals surface area contributed by atoms with Gasteiger partial charge in [0.05, 0.1) is 6.10 Å². The van der Waals surface area contributed by atoms with Gasteiger partial charge in [0, 0.05) is 11.8 Å². The summed E-state index contributed by atoms with van der Waals surface area (Å²) in [5.41, 5.74) is 0. The van der Waals surface area contributed by atoms with Gasteiger partial charge in [0.15, 0.2) is 12.6 Å². The molecule has 3 aliphatic rings. The lowest BCUT2D eigenvalue weighted by molar-refractivity contribution is -0.320. The predicted octanol–water partition coefficient (Wildman–Crippen LogP) is 2.53. The van der Waals surface area contributed by atoms with Crippen LogP contribution in [0, 0.1) is 23.7 Å². The topological polar surface area (TPSA) is 38.7 Å². The molecule has 3 fully saturated rings. The molecule has 0 spiro atoms. The SMILES string of the molecule is C[C@H]1C(O)OC2O[C@@H](C)CCC3CCCC1C32. The molecule has 0 aromatic heterocycles. The van der Waals surface area contributed by atoms with Crippen LogP contribution in [-0.2, 0) is 9.47 Å². The molecule has 0 amide bonds. The first-order valence-electron chi connectivity index (χ1n) is 7.16. The second kappa shape index (κ2) is 4.52. The van der Waals surface area contributed by atoms with Gasteiger partial charge in [0.2, 0.25) is 0 Å². The molecule has 98 valence electrons. The molecule has 1 aliphatic carbocycles. The van der Waals surface area contributed by atoms with E-state index in [0.29, 0.717) is 11.8 Å². The van der Waals surface area contributed by atoms with Crippen LogP contribution in [-0.4, -0.2) is 23.8 Å². The number of hydrogen-bond acceptors (Lipinski definition) is 3. The smallest absolute Gasteiger partial charge is 0.164 e. The van der Waals surface area contributed by atoms with E-state index in [1.165, 1.54) is 25.7 Å². The van der Waals surface area contributed by atoms with Crippen molar-refractivity contribution in [3.63, 3.8) is 0 Å². The summed E-state index contributed by atoms with van der Waals surface area (Å²) >= 11 is 0. The molecule has 2 aliphatic heterocycles. The third-order valence-electron chi connectivity index (χ3n) is 5.17. The van der Waals surface area contributed by atoms with E-state index in [0.717, 1.165) is 12.3 Å². The second-order valence-electron chi connectivity index (χ2n) is 6.21. The van der Waals surface area contributed by atoms with Crippen LogP contribution in [0.5, 0.6) is 0 Å². The Morgan fingerprint density at radius 3 is 2.65 bits per heavy atom. The van der Waals surface area contributed by atoms with Gasteiger partial charge in [0.25, 0.3) is 0 Å². The standard InChI is InChI=1S/C14H24O3/c1-8-6-7-10-4-3-5-11-9(2)13(15)17-14(16-8)12(10)11/h8-15H,3-7H2,1-2H3/t8-,9+,10?,11?,12?,13?,14?/m0/s1. The first-order chi connectivity index (χ1) is 8.16. The molecule has 0 aromatic rings. The number of rotatable bonds is 0. The lowest BCUT2D eigenvalue weighted by Gasteiger charge is -2.49. The van der Waals surface area contributed by atoms with Crippen LogP contribution in [0.4, 0.5) is 0 Å². The van der Waals surface area contributed by atoms with Crippen molar-refractivity contribution in [1.29, 1.82) is 0 Å². The fraction of sp³-hybridized carbons (Fsp3) is 1.00. The fourth-order valence-electron chi connectivity index (χ4n) is 4.16. The molecule has 0 radical (unpaired) electrons. The van der Waals surface area contributed by atoms with E-state index in [9.17, 15) is 5.11 Å². The van der Waals surface area contributed by atoms with Crippen molar-refractivity contribution in [2.24, 2.45) is 23.7 Å². The largest absolute Gasteiger partial charge is 0.368 e. The minimum atomic E-state index is -0.634. The highest BCUT2D eigenvalue weighted by atomic mass is 16.7. The Bertz CT molecular complexity index is 281. The summed E-state index contributed by atoms with van der Waals surface area (Å²) in [6.07, 6.45) is 5.75. The molecular formula is C14H24O3. The van der Waals surface area contributed by atoms with Crippen molar-refractivity contribution in [3.8, 4) is 0 Å². The lowest BCUT2D eigenvalue weighted by atomic mass is 9.65. The van der Waals surface area contributed by atoms with Crippen LogP contribution in [0.3, 0.4) is 0 Å². The van der Waals surface area contributed by atoms with Crippen LogP contribution >= 0.6 is 0 Å². The van der Waals surface area contributed by atoms with Crippen molar-refractivity contribution in [1.82, 2.24) is 0 Å². The van der Waals surface area contributed by atoms with Gasteiger partial charge in [-0.3, -0.25) is 0 Å². The molecule has 3 heteroatoms. The van der Waals surface area contributed by atoms with E-state index in [1.807, 2.05) is 0 Å². The third kappa shape index (κ3) is 2.02. The summed E-state index contributed by atoms with van der Waals surface area (Å²) in [5.74, 6) is 2.12. The number of hydrogen-bond donors (Lipinski definition) is 1. The van der Waals surface area contributed by atoms with E-state index in [4.69, 9.17) is 9.47 Å². The monoisotopic (exact) mass is 240 g/mol. The van der Waals surface area contributed by atoms with E-state index in [2.05, 4.69) is 13.8 Å². The quantitative estimate of drug-likeness (QED) is 0.707. The van der Waals surface area contributed by atoms with Gasteiger partial charge in [-0.05, 0) is 44.4 Å². The van der Waals surface area contributed by atoms with Crippen molar-refractivity contribution in [2.75, 3.05) is 0 Å². The van der Waals surface area contributed by atoms with Gasteiger partial charge in [-0.15, -0.1) is 0 Å². The average Bonchev–Trinajstić information content (AvgIpc) is 2.47. The zero-order chi connectivity index (χ0) is 12.0. The van der Waals surface area contributed by atoms with E-state index >= 15 is 0 Å². The van der Waals surface area contributed by atoms with Crippen molar-refractivity contribution < 1.29 is 14.6 Å². The second-order valence-corrected chi connectivity index (χ2v) is 6.21. The number of aliphatic hydroxyl groups excluding tert-OH is 1. The normalized spacial score (nSPS) is 54.9. The highest BCUT2D eigenvalue weighted by molar-refractivity contribution is 4.92. The van der Waals surface area contributed by atoms with Gasteiger partial charge in [-0.1, -0.05) is 13.3 Å². The van der Waals surface area contributed by atoms with Gasteiger partial charge < -0.3 is 14.6 Å². The molecule has 17 heavy (non-hydrogen) atoms. The molecule has 3 rings (SSSR count). The molecule has 3 nitrogen and oxygen atoms in total. The minimum absolute atomic E-state index is 0.158. The van der Waals surface area contributed by atoms with E-state index < -0.39 is 6.29 Å². The van der Waals surface area contributed by atoms with Crippen LogP contribution < -0.4 is 0 Å². The van der Waals surface area contributed by atoms with Gasteiger partial charge in [-0.25, -0.2) is 0 Å². The maximum Gasteiger partial charge on any atom is 0.164 e. The Hall–Kier alpha value is -0.120. The van der Waals surface area contributed by atoms with Crippen molar-refractivity contribution in [2.45, 2.75) is 64.6 Å². The number of aliphatic hydroxyl groups is 1. The summed E-state index contributed by atoms with van der Waals surface area (Å²) < 4.78 is 11.7. The Morgan fingerprint density at radius 2 is 1.82 bits per heavy atom. The van der Waals surface area contributed by atoms with Crippen LogP contribution in [0.1, 0.15) is 46.0 Å². The molecule has 1 N–H and O–H groups in total. The molecule has 5 unspecified atom stereocenters. The highest BCUT2D eigenvalue weighted by Gasteiger charge is 2.49. The summed E-state index contributed by atoms with van der Waals surface area (Å²) in [4.78, 5) is 0. The lowest BCUT2D eigenvalue weighted by Crippen LogP contribution is -2.51. The summed E-state index contributed by atoms with van der Waals surface area (Å²) in [6, 6.07) is 0. The maximum atomic E-state index is 10.0. The first-order valence-corrected chi connectivity index (χ1v) is 7.16. The molecule has 2 heterocycles. The highest BCUT2D eigenvalue weighted by Crippen LogP contribution is 2.49. The molecular weight excluding hydrogens is 216 g/mol. The Morgan fingerprint density at radius 1 is 1.00 bits per heavy atom. The minimum Gasteiger partial charge on any atom is -0.368 e. The summed E-state index contributed by atoms with van der Waals surface area (Å²) in [5, 5.41) is 10.0. The van der Waals surface area contributed by atoms with Gasteiger partial charge in [0.1, 0.15) is 0 Å². The number of ether oxygens (including phenoxy) is 2. The van der Waals surface area contributed by atoms with Gasteiger partial charge in [-0.2, -0.15) is 0 Å². The third-order valence-corrected chi connectivity index (χ3v) is 5.17. The molecule has 2 saturated heterocycles. The van der Waals surface area contributed by atoms with Crippen molar-refractivity contribution in [3.05, 3.63) is 0 Å². The average molecular weight is 240 g/mol. The Labute approximate surface area is 103 Å². The zero-order valence-electron chi connectivity index (χ0n) is 10.8. The molecule has 1 saturated carbocycles. The zero-order valence-corrected chi connectivity index (χ0v) is 10.8. The molecule has 7 atom stereocenters. The molecule has 0 aromatic carbocycles. The van der Waals surface area contributed by atoms with Crippen LogP contribution in [0.2, 0.25) is 0 Å². The van der Waals surface area contributed by atoms with Gasteiger partial charge >= 0.3 is 0 Å². The predicted molar refractivity (Wildman–Crippen MR) is 64.1 cm³/mol. The van der Waals surface area contributed by atoms with E-state index in [1.54, 1.807) is 0 Å². The Balaban J connectivity index is 1.87.